The summed E-state index contributed by atoms with van der Waals surface area (Å²) in [6.45, 7) is 4.02. The van der Waals surface area contributed by atoms with Crippen LogP contribution in [0, 0.1) is 0 Å². The van der Waals surface area contributed by atoms with Crippen LogP contribution in [-0.2, 0) is 28.2 Å². The summed E-state index contributed by atoms with van der Waals surface area (Å²) in [5.74, 6) is -0.732. The van der Waals surface area contributed by atoms with Gasteiger partial charge in [0.05, 0.1) is 26.1 Å². The monoisotopic (exact) mass is 348 g/mol. The number of benzene rings is 2. The summed E-state index contributed by atoms with van der Waals surface area (Å²) in [4.78, 5) is 4.11. The average molecular weight is 348 g/mol. The highest BCUT2D eigenvalue weighted by molar-refractivity contribution is 5.64. The Hall–Kier alpha value is -2.43. The first-order valence-corrected chi connectivity index (χ1v) is 9.22. The molecule has 0 aliphatic carbocycles. The molecule has 2 aromatic carbocycles. The third-order valence-electron chi connectivity index (χ3n) is 4.85. The van der Waals surface area contributed by atoms with Crippen molar-refractivity contribution in [3.63, 3.8) is 0 Å². The normalized spacial score (nSPS) is 16.0. The number of hydrogen-bond donors (Lipinski definition) is 0. The lowest BCUT2D eigenvalue weighted by Crippen LogP contribution is -2.32. The third-order valence-corrected chi connectivity index (χ3v) is 4.85. The smallest absolute Gasteiger partial charge is 0.213 e. The molecule has 0 bridgehead atoms. The Morgan fingerprint density at radius 1 is 0.962 bits per heavy atom. The van der Waals surface area contributed by atoms with Crippen molar-refractivity contribution in [3.8, 4) is 11.1 Å². The van der Waals surface area contributed by atoms with Crippen LogP contribution in [0.3, 0.4) is 0 Å². The largest absolute Gasteiger partial charge is 0.342 e. The van der Waals surface area contributed by atoms with Crippen molar-refractivity contribution in [2.45, 2.75) is 32.1 Å². The molecule has 1 saturated heterocycles. The maximum Gasteiger partial charge on any atom is 0.213 e. The minimum Gasteiger partial charge on any atom is -0.342 e. The second-order valence-corrected chi connectivity index (χ2v) is 6.71. The van der Waals surface area contributed by atoms with E-state index >= 15 is 0 Å². The Labute approximate surface area is 154 Å². The van der Waals surface area contributed by atoms with E-state index in [0.29, 0.717) is 19.8 Å². The molecule has 0 amide bonds. The maximum atomic E-state index is 6.02. The number of hydrogen-bond acceptors (Lipinski definition) is 3. The second kappa shape index (κ2) is 7.44. The molecule has 2 heterocycles. The molecule has 4 nitrogen and oxygen atoms in total. The van der Waals surface area contributed by atoms with Crippen molar-refractivity contribution in [1.29, 1.82) is 0 Å². The lowest BCUT2D eigenvalue weighted by Gasteiger charge is -2.28. The van der Waals surface area contributed by atoms with Gasteiger partial charge in [0.25, 0.3) is 0 Å². The number of rotatable bonds is 6. The Kier molecular flexibility index (Phi) is 4.87. The van der Waals surface area contributed by atoms with Crippen LogP contribution in [0.1, 0.15) is 24.5 Å². The lowest BCUT2D eigenvalue weighted by molar-refractivity contribution is -0.176. The molecule has 1 aliphatic heterocycles. The Morgan fingerprint density at radius 3 is 2.19 bits per heavy atom. The van der Waals surface area contributed by atoms with E-state index in [0.717, 1.165) is 12.0 Å². The summed E-state index contributed by atoms with van der Waals surface area (Å²) >= 11 is 0. The molecule has 4 heteroatoms. The van der Waals surface area contributed by atoms with Gasteiger partial charge in [-0.05, 0) is 23.1 Å². The first kappa shape index (κ1) is 17.0. The summed E-state index contributed by atoms with van der Waals surface area (Å²) < 4.78 is 14.0. The Bertz CT molecular complexity index is 818. The molecule has 1 fully saturated rings. The predicted molar refractivity (Wildman–Crippen MR) is 102 cm³/mol. The van der Waals surface area contributed by atoms with Gasteiger partial charge in [-0.25, -0.2) is 4.98 Å². The fraction of sp³-hybridized carbons (Fsp3) is 0.318. The van der Waals surface area contributed by atoms with Gasteiger partial charge < -0.3 is 14.0 Å². The SMILES string of the molecule is CCCc1ccc(-c2ccc(C3(Cn4ccnc4)OCCO3)cc2)cc1. The van der Waals surface area contributed by atoms with E-state index in [9.17, 15) is 0 Å². The zero-order valence-electron chi connectivity index (χ0n) is 15.1. The Morgan fingerprint density at radius 2 is 1.62 bits per heavy atom. The van der Waals surface area contributed by atoms with E-state index in [1.54, 1.807) is 12.5 Å². The van der Waals surface area contributed by atoms with Crippen molar-refractivity contribution in [2.75, 3.05) is 13.2 Å². The van der Waals surface area contributed by atoms with Crippen molar-refractivity contribution in [1.82, 2.24) is 9.55 Å². The zero-order chi connectivity index (χ0) is 17.8. The number of ether oxygens (including phenoxy) is 2. The third kappa shape index (κ3) is 3.43. The van der Waals surface area contributed by atoms with Crippen molar-refractivity contribution in [2.24, 2.45) is 0 Å². The van der Waals surface area contributed by atoms with Gasteiger partial charge in [-0.3, -0.25) is 0 Å². The van der Waals surface area contributed by atoms with Crippen LogP contribution in [0.2, 0.25) is 0 Å². The molecule has 0 spiro atoms. The van der Waals surface area contributed by atoms with E-state index in [-0.39, 0.29) is 0 Å². The van der Waals surface area contributed by atoms with Crippen LogP contribution >= 0.6 is 0 Å². The van der Waals surface area contributed by atoms with Crippen LogP contribution < -0.4 is 0 Å². The summed E-state index contributed by atoms with van der Waals surface area (Å²) in [6, 6.07) is 17.3. The molecular formula is C22H24N2O2. The maximum absolute atomic E-state index is 6.02. The van der Waals surface area contributed by atoms with Crippen LogP contribution in [0.25, 0.3) is 11.1 Å². The minimum atomic E-state index is -0.732. The highest BCUT2D eigenvalue weighted by Gasteiger charge is 2.39. The molecule has 0 N–H and O–H groups in total. The molecular weight excluding hydrogens is 324 g/mol. The highest BCUT2D eigenvalue weighted by atomic mass is 16.7. The summed E-state index contributed by atoms with van der Waals surface area (Å²) in [5.41, 5.74) is 4.86. The van der Waals surface area contributed by atoms with Crippen molar-refractivity contribution >= 4 is 0 Å². The van der Waals surface area contributed by atoms with Gasteiger partial charge in [0, 0.05) is 18.0 Å². The van der Waals surface area contributed by atoms with Gasteiger partial charge in [0.1, 0.15) is 0 Å². The number of imidazole rings is 1. The van der Waals surface area contributed by atoms with E-state index in [1.165, 1.54) is 23.1 Å². The van der Waals surface area contributed by atoms with Gasteiger partial charge in [-0.15, -0.1) is 0 Å². The first-order valence-electron chi connectivity index (χ1n) is 9.22. The van der Waals surface area contributed by atoms with Crippen molar-refractivity contribution in [3.05, 3.63) is 78.4 Å². The zero-order valence-corrected chi connectivity index (χ0v) is 15.1. The molecule has 0 saturated carbocycles. The van der Waals surface area contributed by atoms with Crippen LogP contribution in [-0.4, -0.2) is 22.8 Å². The molecule has 26 heavy (non-hydrogen) atoms. The fourth-order valence-corrected chi connectivity index (χ4v) is 3.49. The molecule has 0 radical (unpaired) electrons. The number of aromatic nitrogens is 2. The van der Waals surface area contributed by atoms with Crippen LogP contribution in [0.4, 0.5) is 0 Å². The van der Waals surface area contributed by atoms with Gasteiger partial charge in [-0.1, -0.05) is 61.9 Å². The standard InChI is InChI=1S/C22H24N2O2/c1-2-3-18-4-6-19(7-5-18)20-8-10-21(11-9-20)22(25-14-15-26-22)16-24-13-12-23-17-24/h4-13,17H,2-3,14-16H2,1H3. The van der Waals surface area contributed by atoms with E-state index in [4.69, 9.17) is 9.47 Å². The number of aryl methyl sites for hydroxylation is 1. The molecule has 3 aromatic rings. The predicted octanol–water partition coefficient (Wildman–Crippen LogP) is 4.40. The first-order chi connectivity index (χ1) is 12.8. The topological polar surface area (TPSA) is 36.3 Å². The lowest BCUT2D eigenvalue weighted by atomic mass is 9.98. The van der Waals surface area contributed by atoms with Crippen molar-refractivity contribution < 1.29 is 9.47 Å². The molecule has 1 aliphatic rings. The van der Waals surface area contributed by atoms with Crippen LogP contribution in [0.15, 0.2) is 67.3 Å². The summed E-state index contributed by atoms with van der Waals surface area (Å²) in [7, 11) is 0. The Balaban J connectivity index is 1.57. The van der Waals surface area contributed by atoms with Gasteiger partial charge in [0.2, 0.25) is 5.79 Å². The van der Waals surface area contributed by atoms with Gasteiger partial charge >= 0.3 is 0 Å². The summed E-state index contributed by atoms with van der Waals surface area (Å²) in [6.07, 6.45) is 7.80. The average Bonchev–Trinajstić information content (AvgIpc) is 3.36. The molecule has 4 rings (SSSR count). The molecule has 0 unspecified atom stereocenters. The van der Waals surface area contributed by atoms with Gasteiger partial charge in [0.15, 0.2) is 0 Å². The van der Waals surface area contributed by atoms with Crippen LogP contribution in [0.5, 0.6) is 0 Å². The van der Waals surface area contributed by atoms with E-state index in [2.05, 4.69) is 60.4 Å². The van der Waals surface area contributed by atoms with E-state index in [1.807, 2.05) is 10.8 Å². The van der Waals surface area contributed by atoms with E-state index < -0.39 is 5.79 Å². The van der Waals surface area contributed by atoms with Gasteiger partial charge in [-0.2, -0.15) is 0 Å². The molecule has 1 aromatic heterocycles. The quantitative estimate of drug-likeness (QED) is 0.662. The summed E-state index contributed by atoms with van der Waals surface area (Å²) in [5, 5.41) is 0. The number of nitrogens with zero attached hydrogens (tertiary/aromatic N) is 2. The molecule has 134 valence electrons. The minimum absolute atomic E-state index is 0.595. The molecule has 0 atom stereocenters. The highest BCUT2D eigenvalue weighted by Crippen LogP contribution is 2.34. The second-order valence-electron chi connectivity index (χ2n) is 6.71. The fourth-order valence-electron chi connectivity index (χ4n) is 3.49.